The highest BCUT2D eigenvalue weighted by atomic mass is 31.2. The summed E-state index contributed by atoms with van der Waals surface area (Å²) in [4.78, 5) is 23.0. The third kappa shape index (κ3) is 52.0. The number of hydrogen-bond acceptors (Lipinski definition) is 6. The molecule has 0 aromatic carbocycles. The number of allylic oxidation sites excluding steroid dienone is 18. The Morgan fingerprint density at radius 1 is 0.492 bits per heavy atom. The van der Waals surface area contributed by atoms with Gasteiger partial charge < -0.3 is 18.9 Å². The van der Waals surface area contributed by atoms with Gasteiger partial charge in [0.1, 0.15) is 19.3 Å². The van der Waals surface area contributed by atoms with Crippen LogP contribution in [0.1, 0.15) is 181 Å². The second-order valence-corrected chi connectivity index (χ2v) is 19.3. The molecule has 0 fully saturated rings. The zero-order valence-corrected chi connectivity index (χ0v) is 43.1. The fourth-order valence-electron chi connectivity index (χ4n) is 6.39. The Bertz CT molecular complexity index is 1400. The first-order chi connectivity index (χ1) is 31.6. The van der Waals surface area contributed by atoms with E-state index in [1.807, 2.05) is 21.1 Å². The van der Waals surface area contributed by atoms with Crippen LogP contribution in [0.5, 0.6) is 0 Å². The minimum Gasteiger partial charge on any atom is -0.457 e. The van der Waals surface area contributed by atoms with E-state index in [1.54, 1.807) is 0 Å². The van der Waals surface area contributed by atoms with Gasteiger partial charge in [-0.25, -0.2) is 4.57 Å². The van der Waals surface area contributed by atoms with Gasteiger partial charge in [-0.1, -0.05) is 181 Å². The Labute approximate surface area is 400 Å². The molecule has 0 amide bonds. The number of nitrogens with zero attached hydrogens (tertiary/aromatic N) is 1. The van der Waals surface area contributed by atoms with E-state index in [0.717, 1.165) is 109 Å². The number of carbonyl (C=O) groups is 1. The van der Waals surface area contributed by atoms with Gasteiger partial charge in [-0.15, -0.1) is 0 Å². The number of rotatable bonds is 46. The molecule has 0 saturated carbocycles. The summed E-state index contributed by atoms with van der Waals surface area (Å²) in [5.41, 5.74) is 0. The Balaban J connectivity index is 4.27. The monoisotopic (exact) mass is 927 g/mol. The number of phosphoric acid groups is 1. The lowest BCUT2D eigenvalue weighted by Gasteiger charge is -2.24. The predicted octanol–water partition coefficient (Wildman–Crippen LogP) is 15.9. The lowest BCUT2D eigenvalue weighted by atomic mass is 10.1. The number of quaternary nitrogens is 1. The lowest BCUT2D eigenvalue weighted by molar-refractivity contribution is -0.870. The van der Waals surface area contributed by atoms with Crippen molar-refractivity contribution in [2.75, 3.05) is 54.1 Å². The molecule has 1 N–H and O–H groups in total. The molecule has 9 heteroatoms. The highest BCUT2D eigenvalue weighted by Gasteiger charge is 2.26. The van der Waals surface area contributed by atoms with Gasteiger partial charge in [0.25, 0.3) is 0 Å². The maximum atomic E-state index is 12.8. The number of hydrogen-bond donors (Lipinski definition) is 1. The molecule has 0 aromatic rings. The third-order valence-electron chi connectivity index (χ3n) is 10.3. The van der Waals surface area contributed by atoms with Crippen molar-refractivity contribution in [2.24, 2.45) is 0 Å². The Morgan fingerprint density at radius 3 is 1.34 bits per heavy atom. The molecule has 0 aliphatic carbocycles. The Hall–Kier alpha value is -2.84. The Kier molecular flexibility index (Phi) is 45.6. The van der Waals surface area contributed by atoms with E-state index in [2.05, 4.69) is 123 Å². The van der Waals surface area contributed by atoms with E-state index < -0.39 is 13.9 Å². The van der Waals surface area contributed by atoms with Gasteiger partial charge in [0.05, 0.1) is 34.4 Å². The molecule has 2 unspecified atom stereocenters. The van der Waals surface area contributed by atoms with E-state index in [4.69, 9.17) is 18.5 Å². The number of unbranched alkanes of at least 4 members (excludes halogenated alkanes) is 14. The van der Waals surface area contributed by atoms with E-state index in [1.165, 1.54) is 51.4 Å². The molecule has 2 atom stereocenters. The van der Waals surface area contributed by atoms with Crippen molar-refractivity contribution in [2.45, 2.75) is 187 Å². The van der Waals surface area contributed by atoms with Gasteiger partial charge in [-0.05, 0) is 103 Å². The minimum atomic E-state index is -4.30. The van der Waals surface area contributed by atoms with Gasteiger partial charge in [0.15, 0.2) is 0 Å². The number of likely N-dealkylation sites (N-methyl/N-ethyl adjacent to an activating group) is 1. The van der Waals surface area contributed by atoms with Gasteiger partial charge in [0, 0.05) is 13.0 Å². The maximum absolute atomic E-state index is 12.8. The molecule has 0 heterocycles. The molecule has 0 spiro atoms. The second kappa shape index (κ2) is 47.6. The molecule has 0 saturated heterocycles. The summed E-state index contributed by atoms with van der Waals surface area (Å²) in [6, 6.07) is 0. The molecule has 8 nitrogen and oxygen atoms in total. The number of phosphoric ester groups is 1. The summed E-state index contributed by atoms with van der Waals surface area (Å²) >= 11 is 0. The highest BCUT2D eigenvalue weighted by molar-refractivity contribution is 7.47. The van der Waals surface area contributed by atoms with Crippen LogP contribution in [-0.2, 0) is 27.9 Å². The predicted molar refractivity (Wildman–Crippen MR) is 279 cm³/mol. The average Bonchev–Trinajstić information content (AvgIpc) is 3.27. The third-order valence-corrected chi connectivity index (χ3v) is 11.3. The van der Waals surface area contributed by atoms with Crippen LogP contribution in [0.3, 0.4) is 0 Å². The summed E-state index contributed by atoms with van der Waals surface area (Å²) in [5, 5.41) is 0. The first kappa shape index (κ1) is 62.2. The standard InChI is InChI=1S/C56H96NO7P/c1-6-8-10-12-14-16-18-20-22-24-26-28-29-30-31-33-35-37-39-41-43-45-47-49-56(58)64-55(54-63-65(59,60)62-52-50-57(3,4)5)53-61-51-48-46-44-42-40-38-36-34-32-27-25-23-21-19-17-15-13-11-9-7-2/h8,10,14-17,20-23,26-28,30-32,35,37,55H,6-7,9,11-13,18-19,24-25,29,33-34,36,38-54H2,1-5H3/p+1/b10-8-,16-14-,17-15-,22-20-,23-21-,28-26-,31-30-,32-27-,37-35-. The summed E-state index contributed by atoms with van der Waals surface area (Å²) < 4.78 is 35.1. The van der Waals surface area contributed by atoms with Crippen LogP contribution in [0.25, 0.3) is 0 Å². The van der Waals surface area contributed by atoms with Crippen LogP contribution in [0.2, 0.25) is 0 Å². The largest absolute Gasteiger partial charge is 0.472 e. The van der Waals surface area contributed by atoms with Crippen molar-refractivity contribution >= 4 is 13.8 Å². The maximum Gasteiger partial charge on any atom is 0.472 e. The zero-order chi connectivity index (χ0) is 47.6. The van der Waals surface area contributed by atoms with Crippen molar-refractivity contribution < 1.29 is 37.3 Å². The topological polar surface area (TPSA) is 91.3 Å². The number of ether oxygens (including phenoxy) is 2. The first-order valence-corrected chi connectivity index (χ1v) is 27.1. The normalized spacial score (nSPS) is 14.5. The molecular weight excluding hydrogens is 830 g/mol. The summed E-state index contributed by atoms with van der Waals surface area (Å²) in [6.45, 7) is 5.40. The molecule has 0 aliphatic rings. The smallest absolute Gasteiger partial charge is 0.457 e. The van der Waals surface area contributed by atoms with Crippen molar-refractivity contribution in [1.82, 2.24) is 0 Å². The van der Waals surface area contributed by atoms with Gasteiger partial charge in [-0.3, -0.25) is 13.8 Å². The minimum absolute atomic E-state index is 0.0744. The molecule has 372 valence electrons. The van der Waals surface area contributed by atoms with E-state index in [9.17, 15) is 14.3 Å². The Morgan fingerprint density at radius 2 is 0.892 bits per heavy atom. The van der Waals surface area contributed by atoms with Crippen LogP contribution in [-0.4, -0.2) is 75.6 Å². The molecule has 0 aliphatic heterocycles. The molecule has 0 rings (SSSR count). The van der Waals surface area contributed by atoms with E-state index in [0.29, 0.717) is 17.6 Å². The van der Waals surface area contributed by atoms with Crippen LogP contribution >= 0.6 is 7.82 Å². The fraction of sp³-hybridized carbons (Fsp3) is 0.661. The zero-order valence-electron chi connectivity index (χ0n) is 42.2. The van der Waals surface area contributed by atoms with Crippen LogP contribution in [0.4, 0.5) is 0 Å². The van der Waals surface area contributed by atoms with E-state index in [-0.39, 0.29) is 32.2 Å². The van der Waals surface area contributed by atoms with Crippen LogP contribution in [0, 0.1) is 0 Å². The number of esters is 1. The van der Waals surface area contributed by atoms with Crippen molar-refractivity contribution in [1.29, 1.82) is 0 Å². The fourth-order valence-corrected chi connectivity index (χ4v) is 7.13. The van der Waals surface area contributed by atoms with Gasteiger partial charge >= 0.3 is 13.8 Å². The van der Waals surface area contributed by atoms with Crippen molar-refractivity contribution in [3.8, 4) is 0 Å². The van der Waals surface area contributed by atoms with Crippen LogP contribution in [0.15, 0.2) is 109 Å². The molecular formula is C56H97NO7P+. The van der Waals surface area contributed by atoms with Crippen molar-refractivity contribution in [3.63, 3.8) is 0 Å². The van der Waals surface area contributed by atoms with Gasteiger partial charge in [-0.2, -0.15) is 0 Å². The SMILES string of the molecule is CC/C=C\C/C=C\C/C=C\C/C=C\C/C=C\C/C=C\CCCCCCC(=O)OC(COCCCCCCCCC/C=C\C/C=C\C/C=C\CCCCC)COP(=O)(O)OCC[N+](C)(C)C. The summed E-state index contributed by atoms with van der Waals surface area (Å²) in [5.74, 6) is -0.346. The lowest BCUT2D eigenvalue weighted by Crippen LogP contribution is -2.37. The van der Waals surface area contributed by atoms with Crippen molar-refractivity contribution in [3.05, 3.63) is 109 Å². The summed E-state index contributed by atoms with van der Waals surface area (Å²) in [6.07, 6.45) is 67.0. The average molecular weight is 927 g/mol. The second-order valence-electron chi connectivity index (χ2n) is 17.8. The first-order valence-electron chi connectivity index (χ1n) is 25.6. The molecule has 0 bridgehead atoms. The highest BCUT2D eigenvalue weighted by Crippen LogP contribution is 2.43. The molecule has 0 radical (unpaired) electrons. The molecule has 0 aromatic heterocycles. The summed E-state index contributed by atoms with van der Waals surface area (Å²) in [7, 11) is 1.62. The molecule has 65 heavy (non-hydrogen) atoms. The van der Waals surface area contributed by atoms with E-state index >= 15 is 0 Å². The van der Waals surface area contributed by atoms with Gasteiger partial charge in [0.2, 0.25) is 0 Å². The van der Waals surface area contributed by atoms with Crippen LogP contribution < -0.4 is 0 Å². The number of carbonyl (C=O) groups excluding carboxylic acids is 1. The quantitative estimate of drug-likeness (QED) is 0.0214.